The molecule has 1 aromatic carbocycles. The van der Waals surface area contributed by atoms with Crippen molar-refractivity contribution in [3.05, 3.63) is 77.3 Å². The first-order valence-electron chi connectivity index (χ1n) is 8.02. The Balaban J connectivity index is 1.65. The van der Waals surface area contributed by atoms with E-state index >= 15 is 0 Å². The van der Waals surface area contributed by atoms with E-state index in [2.05, 4.69) is 35.0 Å². The molecule has 0 bridgehead atoms. The highest BCUT2D eigenvalue weighted by Crippen LogP contribution is 2.20. The Morgan fingerprint density at radius 3 is 2.71 bits per heavy atom. The number of likely N-dealkylation sites (N-methyl/N-ethyl adjacent to an activating group) is 1. The summed E-state index contributed by atoms with van der Waals surface area (Å²) in [6.45, 7) is 3.05. The van der Waals surface area contributed by atoms with Gasteiger partial charge in [0.1, 0.15) is 0 Å². The fourth-order valence-corrected chi connectivity index (χ4v) is 2.85. The summed E-state index contributed by atoms with van der Waals surface area (Å²) in [5.41, 5.74) is 3.17. The molecule has 2 heterocycles. The van der Waals surface area contributed by atoms with Crippen molar-refractivity contribution >= 4 is 11.6 Å². The topological polar surface area (TPSA) is 34.0 Å². The van der Waals surface area contributed by atoms with Gasteiger partial charge in [0.15, 0.2) is 0 Å². The zero-order valence-electron chi connectivity index (χ0n) is 13.9. The Labute approximate surface area is 147 Å². The van der Waals surface area contributed by atoms with E-state index in [0.717, 1.165) is 29.9 Å². The number of halogens is 1. The molecule has 0 saturated carbocycles. The van der Waals surface area contributed by atoms with Crippen molar-refractivity contribution in [2.45, 2.75) is 25.9 Å². The van der Waals surface area contributed by atoms with Crippen LogP contribution in [0.4, 0.5) is 0 Å². The summed E-state index contributed by atoms with van der Waals surface area (Å²) in [5.74, 6) is 0. The predicted octanol–water partition coefficient (Wildman–Crippen LogP) is 3.98. The molecule has 0 saturated heterocycles. The first-order chi connectivity index (χ1) is 11.6. The lowest BCUT2D eigenvalue weighted by Gasteiger charge is -2.23. The van der Waals surface area contributed by atoms with Gasteiger partial charge in [0, 0.05) is 42.7 Å². The van der Waals surface area contributed by atoms with Crippen molar-refractivity contribution in [3.8, 4) is 5.69 Å². The number of hydrogen-bond donors (Lipinski definition) is 0. The highest BCUT2D eigenvalue weighted by Gasteiger charge is 2.13. The molecule has 0 unspecified atom stereocenters. The second-order valence-corrected chi connectivity index (χ2v) is 6.44. The van der Waals surface area contributed by atoms with E-state index < -0.39 is 0 Å². The maximum Gasteiger partial charge on any atom is 0.0831 e. The molecule has 24 heavy (non-hydrogen) atoms. The standard InChI is InChI=1S/C19H21ClN4/c1-15(11-17-7-5-6-10-21-17)23(2)13-16-12-22-24(14-16)19-9-4-3-8-18(19)20/h3-10,12,14-15H,11,13H2,1-2H3/t15-/m1/s1. The van der Waals surface area contributed by atoms with Gasteiger partial charge in [-0.05, 0) is 38.2 Å². The number of para-hydroxylation sites is 1. The van der Waals surface area contributed by atoms with Gasteiger partial charge >= 0.3 is 0 Å². The number of nitrogens with zero attached hydrogens (tertiary/aromatic N) is 4. The van der Waals surface area contributed by atoms with Crippen LogP contribution in [0.15, 0.2) is 61.1 Å². The Morgan fingerprint density at radius 1 is 1.17 bits per heavy atom. The van der Waals surface area contributed by atoms with Crippen LogP contribution in [-0.4, -0.2) is 32.8 Å². The molecule has 2 aromatic heterocycles. The van der Waals surface area contributed by atoms with E-state index in [1.807, 2.05) is 59.7 Å². The summed E-state index contributed by atoms with van der Waals surface area (Å²) in [6, 6.07) is 14.2. The SMILES string of the molecule is C[C@H](Cc1ccccn1)N(C)Cc1cnn(-c2ccccc2Cl)c1. The first kappa shape index (κ1) is 16.7. The summed E-state index contributed by atoms with van der Waals surface area (Å²) < 4.78 is 1.83. The lowest BCUT2D eigenvalue weighted by Crippen LogP contribution is -2.30. The molecule has 0 aliphatic carbocycles. The molecule has 0 aliphatic rings. The molecular weight excluding hydrogens is 320 g/mol. The van der Waals surface area contributed by atoms with Gasteiger partial charge in [-0.1, -0.05) is 29.8 Å². The van der Waals surface area contributed by atoms with Crippen LogP contribution < -0.4 is 0 Å². The number of aromatic nitrogens is 3. The van der Waals surface area contributed by atoms with Gasteiger partial charge in [-0.2, -0.15) is 5.10 Å². The molecule has 0 radical (unpaired) electrons. The van der Waals surface area contributed by atoms with Gasteiger partial charge in [0.25, 0.3) is 0 Å². The van der Waals surface area contributed by atoms with Crippen molar-refractivity contribution in [2.24, 2.45) is 0 Å². The third-order valence-corrected chi connectivity index (χ3v) is 4.47. The minimum Gasteiger partial charge on any atom is -0.299 e. The van der Waals surface area contributed by atoms with E-state index in [1.165, 1.54) is 0 Å². The van der Waals surface area contributed by atoms with Crippen LogP contribution in [0.25, 0.3) is 5.69 Å². The lowest BCUT2D eigenvalue weighted by molar-refractivity contribution is 0.247. The van der Waals surface area contributed by atoms with Gasteiger partial charge in [0.2, 0.25) is 0 Å². The van der Waals surface area contributed by atoms with Gasteiger partial charge in [-0.25, -0.2) is 4.68 Å². The highest BCUT2D eigenvalue weighted by molar-refractivity contribution is 6.32. The van der Waals surface area contributed by atoms with Crippen LogP contribution in [0.3, 0.4) is 0 Å². The second kappa shape index (κ2) is 7.60. The summed E-state index contributed by atoms with van der Waals surface area (Å²) in [4.78, 5) is 6.71. The van der Waals surface area contributed by atoms with Crippen LogP contribution >= 0.6 is 11.6 Å². The largest absolute Gasteiger partial charge is 0.299 e. The zero-order chi connectivity index (χ0) is 16.9. The molecule has 124 valence electrons. The Morgan fingerprint density at radius 2 is 1.96 bits per heavy atom. The quantitative estimate of drug-likeness (QED) is 0.680. The summed E-state index contributed by atoms with van der Waals surface area (Å²) in [6.07, 6.45) is 6.70. The van der Waals surface area contributed by atoms with Crippen LogP contribution in [0.2, 0.25) is 5.02 Å². The molecule has 5 heteroatoms. The Kier molecular flexibility index (Phi) is 5.28. The van der Waals surface area contributed by atoms with Crippen LogP contribution in [0.5, 0.6) is 0 Å². The smallest absolute Gasteiger partial charge is 0.0831 e. The Hall–Kier alpha value is -2.17. The van der Waals surface area contributed by atoms with Crippen LogP contribution in [-0.2, 0) is 13.0 Å². The maximum atomic E-state index is 6.24. The monoisotopic (exact) mass is 340 g/mol. The van der Waals surface area contributed by atoms with E-state index in [1.54, 1.807) is 0 Å². The first-order valence-corrected chi connectivity index (χ1v) is 8.40. The molecule has 4 nitrogen and oxygen atoms in total. The van der Waals surface area contributed by atoms with Crippen molar-refractivity contribution in [2.75, 3.05) is 7.05 Å². The molecule has 0 spiro atoms. The van der Waals surface area contributed by atoms with Crippen molar-refractivity contribution < 1.29 is 0 Å². The molecule has 0 amide bonds. The van der Waals surface area contributed by atoms with E-state index in [0.29, 0.717) is 11.1 Å². The zero-order valence-corrected chi connectivity index (χ0v) is 14.7. The van der Waals surface area contributed by atoms with Crippen LogP contribution in [0, 0.1) is 0 Å². The average molecular weight is 341 g/mol. The van der Waals surface area contributed by atoms with Gasteiger partial charge in [-0.15, -0.1) is 0 Å². The Bertz CT molecular complexity index is 785. The summed E-state index contributed by atoms with van der Waals surface area (Å²) in [7, 11) is 2.13. The minimum atomic E-state index is 0.392. The van der Waals surface area contributed by atoms with Crippen molar-refractivity contribution in [3.63, 3.8) is 0 Å². The van der Waals surface area contributed by atoms with E-state index in [4.69, 9.17) is 11.6 Å². The van der Waals surface area contributed by atoms with Crippen molar-refractivity contribution in [1.29, 1.82) is 0 Å². The summed E-state index contributed by atoms with van der Waals surface area (Å²) >= 11 is 6.24. The fourth-order valence-electron chi connectivity index (χ4n) is 2.63. The molecule has 3 rings (SSSR count). The second-order valence-electron chi connectivity index (χ2n) is 6.03. The van der Waals surface area contributed by atoms with E-state index in [9.17, 15) is 0 Å². The average Bonchev–Trinajstić information content (AvgIpc) is 3.04. The maximum absolute atomic E-state index is 6.24. The number of rotatable bonds is 6. The molecule has 0 aliphatic heterocycles. The minimum absolute atomic E-state index is 0.392. The number of hydrogen-bond acceptors (Lipinski definition) is 3. The third kappa shape index (κ3) is 4.02. The highest BCUT2D eigenvalue weighted by atomic mass is 35.5. The number of pyridine rings is 1. The molecule has 1 atom stereocenters. The van der Waals surface area contributed by atoms with Crippen LogP contribution in [0.1, 0.15) is 18.2 Å². The van der Waals surface area contributed by atoms with Gasteiger partial charge in [-0.3, -0.25) is 9.88 Å². The molecular formula is C19H21ClN4. The number of benzene rings is 1. The molecule has 0 fully saturated rings. The summed E-state index contributed by atoms with van der Waals surface area (Å²) in [5, 5.41) is 5.14. The third-order valence-electron chi connectivity index (χ3n) is 4.15. The van der Waals surface area contributed by atoms with Gasteiger partial charge < -0.3 is 0 Å². The van der Waals surface area contributed by atoms with Gasteiger partial charge in [0.05, 0.1) is 16.9 Å². The normalized spacial score (nSPS) is 12.5. The van der Waals surface area contributed by atoms with Crippen molar-refractivity contribution in [1.82, 2.24) is 19.7 Å². The fraction of sp³-hybridized carbons (Fsp3) is 0.263. The molecule has 3 aromatic rings. The molecule has 0 N–H and O–H groups in total. The lowest BCUT2D eigenvalue weighted by atomic mass is 10.1. The predicted molar refractivity (Wildman–Crippen MR) is 97.4 cm³/mol. The van der Waals surface area contributed by atoms with E-state index in [-0.39, 0.29) is 0 Å².